The average molecular weight is 163 g/mol. The van der Waals surface area contributed by atoms with Crippen LogP contribution < -0.4 is 29.6 Å². The molecule has 0 atom stereocenters. The third-order valence-corrected chi connectivity index (χ3v) is 1.22. The Morgan fingerprint density at radius 3 is 1.00 bits per heavy atom. The van der Waals surface area contributed by atoms with Gasteiger partial charge >= 0.3 is 29.6 Å². The summed E-state index contributed by atoms with van der Waals surface area (Å²) < 4.78 is 0. The van der Waals surface area contributed by atoms with Crippen molar-refractivity contribution in [1.82, 2.24) is 0 Å². The van der Waals surface area contributed by atoms with Crippen LogP contribution in [0.2, 0.25) is 0 Å². The van der Waals surface area contributed by atoms with Crippen molar-refractivity contribution in [2.45, 2.75) is 20.8 Å². The van der Waals surface area contributed by atoms with Gasteiger partial charge in [0.05, 0.1) is 0 Å². The molecule has 0 N–H and O–H groups in total. The maximum Gasteiger partial charge on any atom is 1.00 e. The van der Waals surface area contributed by atoms with E-state index in [9.17, 15) is 14.4 Å². The molecule has 0 saturated carbocycles. The molecule has 0 aliphatic rings. The predicted octanol–water partition coefficient (Wildman–Crippen LogP) is -3.13. The molecule has 0 aromatic carbocycles. The van der Waals surface area contributed by atoms with E-state index in [1.54, 1.807) is 0 Å². The molecule has 11 heavy (non-hydrogen) atoms. The predicted molar refractivity (Wildman–Crippen MR) is 37.8 cm³/mol. The van der Waals surface area contributed by atoms with Crippen LogP contribution in [0, 0.1) is 0 Å². The standard InChI is InChI=1S/C6H9BO3.Na/c1-4(8)7(5(2)9)6(3)10;/h1-3H3;/q-1;+1. The van der Waals surface area contributed by atoms with Crippen molar-refractivity contribution in [2.75, 3.05) is 0 Å². The molecular weight excluding hydrogens is 154 g/mol. The molecule has 0 fully saturated rings. The van der Waals surface area contributed by atoms with Crippen LogP contribution in [0.3, 0.4) is 0 Å². The van der Waals surface area contributed by atoms with Gasteiger partial charge in [-0.2, -0.15) is 0 Å². The minimum atomic E-state index is -1.03. The molecule has 1 radical (unpaired) electrons. The Hall–Kier alpha value is 0.0749. The molecule has 0 unspecified atom stereocenters. The van der Waals surface area contributed by atoms with Gasteiger partial charge in [-0.1, -0.05) is 17.0 Å². The Labute approximate surface area is 88.3 Å². The number of rotatable bonds is 3. The normalized spacial score (nSPS) is 8.73. The van der Waals surface area contributed by atoms with Gasteiger partial charge in [0, 0.05) is 0 Å². The van der Waals surface area contributed by atoms with Gasteiger partial charge in [-0.3, -0.25) is 0 Å². The molecule has 0 amide bonds. The fraction of sp³-hybridized carbons (Fsp3) is 0.500. The third kappa shape index (κ3) is 4.51. The number of carbonyl (C=O) groups excluding carboxylic acids is 3. The summed E-state index contributed by atoms with van der Waals surface area (Å²) in [5.41, 5.74) is -1.12. The zero-order chi connectivity index (χ0) is 8.31. The number of hydrogen-bond acceptors (Lipinski definition) is 3. The smallest absolute Gasteiger partial charge is 0.349 e. The van der Waals surface area contributed by atoms with Crippen molar-refractivity contribution in [3.8, 4) is 0 Å². The Morgan fingerprint density at radius 2 is 1.00 bits per heavy atom. The molecule has 0 aromatic heterocycles. The van der Waals surface area contributed by atoms with E-state index in [-0.39, 0.29) is 46.6 Å². The largest absolute Gasteiger partial charge is 1.00 e. The third-order valence-electron chi connectivity index (χ3n) is 1.22. The molecule has 0 rings (SSSR count). The zero-order valence-corrected chi connectivity index (χ0v) is 9.30. The van der Waals surface area contributed by atoms with E-state index in [2.05, 4.69) is 0 Å². The summed E-state index contributed by atoms with van der Waals surface area (Å²) in [5.74, 6) is 0. The first kappa shape index (κ1) is 13.7. The minimum absolute atomic E-state index is 0. The number of carbonyl (C=O) groups is 3. The monoisotopic (exact) mass is 163 g/mol. The van der Waals surface area contributed by atoms with Gasteiger partial charge in [-0.15, -0.1) is 0 Å². The van der Waals surface area contributed by atoms with Crippen molar-refractivity contribution in [3.63, 3.8) is 0 Å². The van der Waals surface area contributed by atoms with Gasteiger partial charge in [0.2, 0.25) is 0 Å². The van der Waals surface area contributed by atoms with Crippen LogP contribution >= 0.6 is 0 Å². The van der Waals surface area contributed by atoms with Crippen LogP contribution in [0.5, 0.6) is 0 Å². The van der Waals surface area contributed by atoms with E-state index in [0.717, 1.165) is 0 Å². The molecule has 0 heterocycles. The summed E-state index contributed by atoms with van der Waals surface area (Å²) in [6.45, 7) is 2.70. The quantitative estimate of drug-likeness (QED) is 0.413. The summed E-state index contributed by atoms with van der Waals surface area (Å²) in [7, 11) is 0. The first-order valence-electron chi connectivity index (χ1n) is 2.98. The Balaban J connectivity index is 0. The molecule has 3 nitrogen and oxygen atoms in total. The van der Waals surface area contributed by atoms with E-state index in [4.69, 9.17) is 0 Å². The topological polar surface area (TPSA) is 51.2 Å². The molecule has 55 valence electrons. The second-order valence-electron chi connectivity index (χ2n) is 2.26. The fourth-order valence-electron chi connectivity index (χ4n) is 0.859. The zero-order valence-electron chi connectivity index (χ0n) is 7.30. The maximum absolute atomic E-state index is 10.6. The van der Waals surface area contributed by atoms with Gasteiger partial charge in [0.1, 0.15) is 6.71 Å². The summed E-state index contributed by atoms with van der Waals surface area (Å²) in [6.07, 6.45) is 0. The van der Waals surface area contributed by atoms with Crippen LogP contribution in [0.25, 0.3) is 0 Å². The average Bonchev–Trinajstić information content (AvgIpc) is 1.59. The first-order valence-corrected chi connectivity index (χ1v) is 2.98. The fourth-order valence-corrected chi connectivity index (χ4v) is 0.859. The van der Waals surface area contributed by atoms with E-state index in [0.29, 0.717) is 0 Å². The van der Waals surface area contributed by atoms with Crippen molar-refractivity contribution in [2.24, 2.45) is 0 Å². The van der Waals surface area contributed by atoms with Gasteiger partial charge in [-0.05, 0) is 20.8 Å². The summed E-state index contributed by atoms with van der Waals surface area (Å²) >= 11 is 0. The first-order chi connectivity index (χ1) is 4.46. The molecule has 0 aliphatic carbocycles. The Bertz CT molecular complexity index is 157. The minimum Gasteiger partial charge on any atom is -0.349 e. The Morgan fingerprint density at radius 1 is 0.818 bits per heavy atom. The van der Waals surface area contributed by atoms with E-state index in [1.165, 1.54) is 20.8 Å². The van der Waals surface area contributed by atoms with Crippen LogP contribution in [0.1, 0.15) is 20.8 Å². The second kappa shape index (κ2) is 5.69. The van der Waals surface area contributed by atoms with Crippen LogP contribution in [-0.2, 0) is 14.4 Å². The summed E-state index contributed by atoms with van der Waals surface area (Å²) in [4.78, 5) is 31.8. The van der Waals surface area contributed by atoms with E-state index >= 15 is 0 Å². The number of hydrogen-bond donors (Lipinski definition) is 0. The molecule has 0 bridgehead atoms. The van der Waals surface area contributed by atoms with E-state index in [1.807, 2.05) is 0 Å². The summed E-state index contributed by atoms with van der Waals surface area (Å²) in [6, 6.07) is 0. The summed E-state index contributed by atoms with van der Waals surface area (Å²) in [5, 5.41) is 0. The Kier molecular flexibility index (Phi) is 7.06. The van der Waals surface area contributed by atoms with Crippen molar-refractivity contribution in [3.05, 3.63) is 0 Å². The van der Waals surface area contributed by atoms with Crippen LogP contribution in [0.15, 0.2) is 0 Å². The molecule has 0 aromatic rings. The second-order valence-corrected chi connectivity index (χ2v) is 2.26. The molecular formula is C6H9BNaO3. The molecule has 5 heteroatoms. The van der Waals surface area contributed by atoms with Gasteiger partial charge in [0.25, 0.3) is 0 Å². The van der Waals surface area contributed by atoms with Crippen molar-refractivity contribution in [1.29, 1.82) is 0 Å². The molecule has 0 spiro atoms. The maximum atomic E-state index is 10.6. The van der Waals surface area contributed by atoms with Crippen molar-refractivity contribution < 1.29 is 43.9 Å². The molecule has 0 aliphatic heterocycles. The van der Waals surface area contributed by atoms with Crippen LogP contribution in [0.4, 0.5) is 0 Å². The SMILES string of the molecule is CC(=O)[B-](C(C)=O)C(C)=O.[Na+]. The van der Waals surface area contributed by atoms with Gasteiger partial charge in [0.15, 0.2) is 0 Å². The van der Waals surface area contributed by atoms with Gasteiger partial charge < -0.3 is 14.4 Å². The van der Waals surface area contributed by atoms with Crippen molar-refractivity contribution >= 4 is 23.8 Å². The van der Waals surface area contributed by atoms with Gasteiger partial charge in [-0.25, -0.2) is 0 Å². The van der Waals surface area contributed by atoms with Crippen LogP contribution in [-0.4, -0.2) is 23.8 Å². The van der Waals surface area contributed by atoms with E-state index < -0.39 is 6.71 Å². The molecule has 0 saturated heterocycles.